The molecule has 15 heteroatoms. The molecule has 6 atom stereocenters. The van der Waals surface area contributed by atoms with Crippen molar-refractivity contribution in [2.24, 2.45) is 5.92 Å². The lowest BCUT2D eigenvalue weighted by atomic mass is 9.97. The molecule has 1 rings (SSSR count). The van der Waals surface area contributed by atoms with Crippen LogP contribution < -0.4 is 26.6 Å². The zero-order valence-electron chi connectivity index (χ0n) is 27.4. The average Bonchev–Trinajstić information content (AvgIpc) is 2.96. The summed E-state index contributed by atoms with van der Waals surface area (Å²) in [7, 11) is 0. The van der Waals surface area contributed by atoms with Crippen LogP contribution in [0.25, 0.3) is 0 Å². The summed E-state index contributed by atoms with van der Waals surface area (Å²) in [4.78, 5) is 73.9. The van der Waals surface area contributed by atoms with Crippen molar-refractivity contribution in [1.82, 2.24) is 26.6 Å². The normalized spacial score (nSPS) is 15.3. The summed E-state index contributed by atoms with van der Waals surface area (Å²) in [5.41, 5.74) is -0.181. The van der Waals surface area contributed by atoms with Crippen LogP contribution in [-0.2, 0) is 35.1 Å². The number of phenolic OH excluding ortho intramolecular Hbond substituents is 1. The number of aliphatic hydroxyl groups excluding tert-OH is 2. The van der Waals surface area contributed by atoms with Crippen molar-refractivity contribution < 1.29 is 48.8 Å². The molecule has 0 saturated carbocycles. The monoisotopic (exact) mass is 650 g/mol. The Hall–Kier alpha value is -4.24. The van der Waals surface area contributed by atoms with Crippen LogP contribution in [0, 0.1) is 5.92 Å². The maximum absolute atomic E-state index is 13.1. The second kappa shape index (κ2) is 18.7. The zero-order valence-corrected chi connectivity index (χ0v) is 27.4. The highest BCUT2D eigenvalue weighted by molar-refractivity contribution is 5.93. The number of rotatable bonds is 17. The van der Waals surface area contributed by atoms with Gasteiger partial charge in [-0.3, -0.25) is 24.0 Å². The Labute approximate surface area is 269 Å². The second-order valence-electron chi connectivity index (χ2n) is 12.3. The number of carbonyl (C=O) groups excluding carboxylic acids is 6. The van der Waals surface area contributed by atoms with Gasteiger partial charge in [-0.1, -0.05) is 26.0 Å². The molecule has 0 spiro atoms. The number of phenols is 1. The van der Waals surface area contributed by atoms with Crippen LogP contribution in [0.3, 0.4) is 0 Å². The van der Waals surface area contributed by atoms with Gasteiger partial charge >= 0.3 is 6.09 Å². The summed E-state index contributed by atoms with van der Waals surface area (Å²) >= 11 is 0. The van der Waals surface area contributed by atoms with E-state index in [4.69, 9.17) is 4.74 Å². The van der Waals surface area contributed by atoms with Crippen molar-refractivity contribution in [1.29, 1.82) is 0 Å². The number of carbonyl (C=O) groups is 5. The molecular weight excluding hydrogens is 602 g/mol. The second-order valence-corrected chi connectivity index (χ2v) is 12.3. The van der Waals surface area contributed by atoms with Crippen LogP contribution in [0.5, 0.6) is 5.75 Å². The standard InChI is InChI=1S/C31H48N5O10/c1-17(2)23(15-37)34-26(41)13-12-25(40)22(14-20-8-10-21(39)11-9-20)35-28(43)19(4)32-27(42)18(3)33-29(44)24(16-38)36-30(45)46-31(5,6)7/h8-11,17-19,22-25,38-40H,12-14,16H2,1-7H3,(H,32,42)(H,33,44)(H,34,41)(H,35,43)(H,36,45). The van der Waals surface area contributed by atoms with Gasteiger partial charge in [-0.05, 0) is 71.1 Å². The highest BCUT2D eigenvalue weighted by atomic mass is 16.6. The predicted molar refractivity (Wildman–Crippen MR) is 167 cm³/mol. The van der Waals surface area contributed by atoms with Gasteiger partial charge in [-0.25, -0.2) is 4.79 Å². The SMILES string of the molecule is CC(NC(=O)C(C)NC(=O)C(CO)NC(=O)OC(C)(C)C)C(=O)NC(Cc1ccc(O)cc1)C(O)CCC(=O)NC([C]=O)C(C)C. The number of alkyl carbamates (subject to hydrolysis) is 1. The van der Waals surface area contributed by atoms with Gasteiger partial charge in [0.1, 0.15) is 29.5 Å². The number of benzene rings is 1. The number of amides is 5. The van der Waals surface area contributed by atoms with Gasteiger partial charge in [0.15, 0.2) is 0 Å². The first-order chi connectivity index (χ1) is 21.4. The van der Waals surface area contributed by atoms with Gasteiger partial charge < -0.3 is 46.6 Å². The number of ether oxygens (including phenoxy) is 1. The third kappa shape index (κ3) is 14.7. The number of aliphatic hydroxyl groups is 2. The molecule has 0 bridgehead atoms. The van der Waals surface area contributed by atoms with Crippen LogP contribution in [0.4, 0.5) is 4.79 Å². The van der Waals surface area contributed by atoms with Gasteiger partial charge in [-0.15, -0.1) is 0 Å². The highest BCUT2D eigenvalue weighted by Gasteiger charge is 2.29. The number of aromatic hydroxyl groups is 1. The Morgan fingerprint density at radius 1 is 0.848 bits per heavy atom. The van der Waals surface area contributed by atoms with Crippen molar-refractivity contribution in [3.05, 3.63) is 29.8 Å². The molecule has 46 heavy (non-hydrogen) atoms. The van der Waals surface area contributed by atoms with E-state index in [1.165, 1.54) is 26.0 Å². The topological polar surface area (TPSA) is 232 Å². The molecule has 1 aromatic carbocycles. The van der Waals surface area contributed by atoms with Crippen LogP contribution in [0.1, 0.15) is 66.9 Å². The summed E-state index contributed by atoms with van der Waals surface area (Å²) < 4.78 is 5.07. The quantitative estimate of drug-likeness (QED) is 0.110. The van der Waals surface area contributed by atoms with Crippen LogP contribution in [0.2, 0.25) is 0 Å². The van der Waals surface area contributed by atoms with E-state index in [2.05, 4.69) is 26.6 Å². The van der Waals surface area contributed by atoms with Crippen molar-refractivity contribution in [3.8, 4) is 5.75 Å². The molecule has 1 aromatic rings. The summed E-state index contributed by atoms with van der Waals surface area (Å²) in [6.45, 7) is 10.3. The van der Waals surface area contributed by atoms with Crippen molar-refractivity contribution >= 4 is 36.0 Å². The fourth-order valence-electron chi connectivity index (χ4n) is 3.96. The molecule has 0 aliphatic heterocycles. The van der Waals surface area contributed by atoms with Gasteiger partial charge in [0, 0.05) is 6.42 Å². The molecular formula is C31H48N5O10. The minimum absolute atomic E-state index is 0.0247. The predicted octanol–water partition coefficient (Wildman–Crippen LogP) is -0.294. The number of hydrogen-bond donors (Lipinski definition) is 8. The first-order valence-corrected chi connectivity index (χ1v) is 15.0. The van der Waals surface area contributed by atoms with Crippen molar-refractivity contribution in [2.45, 2.75) is 110 Å². The highest BCUT2D eigenvalue weighted by Crippen LogP contribution is 2.15. The lowest BCUT2D eigenvalue weighted by molar-refractivity contribution is -0.132. The van der Waals surface area contributed by atoms with Gasteiger partial charge in [-0.2, -0.15) is 0 Å². The van der Waals surface area contributed by atoms with E-state index in [0.717, 1.165) is 0 Å². The minimum atomic E-state index is -1.40. The largest absolute Gasteiger partial charge is 0.508 e. The van der Waals surface area contributed by atoms with E-state index in [1.54, 1.807) is 53.0 Å². The Kier molecular flexibility index (Phi) is 16.1. The Morgan fingerprint density at radius 3 is 1.89 bits per heavy atom. The fourth-order valence-corrected chi connectivity index (χ4v) is 3.96. The van der Waals surface area contributed by atoms with Crippen LogP contribution in [-0.4, -0.2) is 99.8 Å². The smallest absolute Gasteiger partial charge is 0.408 e. The summed E-state index contributed by atoms with van der Waals surface area (Å²) in [6, 6.07) is 0.678. The zero-order chi connectivity index (χ0) is 35.2. The summed E-state index contributed by atoms with van der Waals surface area (Å²) in [5.74, 6) is -2.90. The molecule has 0 aliphatic rings. The van der Waals surface area contributed by atoms with E-state index < -0.39 is 78.2 Å². The van der Waals surface area contributed by atoms with Crippen molar-refractivity contribution in [2.75, 3.05) is 6.61 Å². The average molecular weight is 651 g/mol. The minimum Gasteiger partial charge on any atom is -0.508 e. The van der Waals surface area contributed by atoms with E-state index in [-0.39, 0.29) is 30.9 Å². The maximum Gasteiger partial charge on any atom is 0.408 e. The molecule has 0 heterocycles. The molecule has 8 N–H and O–H groups in total. The van der Waals surface area contributed by atoms with Crippen molar-refractivity contribution in [3.63, 3.8) is 0 Å². The summed E-state index contributed by atoms with van der Waals surface area (Å²) in [5, 5.41) is 42.4. The van der Waals surface area contributed by atoms with E-state index in [1.807, 2.05) is 0 Å². The van der Waals surface area contributed by atoms with E-state index in [9.17, 15) is 44.1 Å². The molecule has 5 amide bonds. The molecule has 257 valence electrons. The molecule has 15 nitrogen and oxygen atoms in total. The third-order valence-electron chi connectivity index (χ3n) is 6.66. The first-order valence-electron chi connectivity index (χ1n) is 15.0. The number of hydrogen-bond acceptors (Lipinski definition) is 10. The summed E-state index contributed by atoms with van der Waals surface area (Å²) in [6.07, 6.45) is -0.477. The van der Waals surface area contributed by atoms with E-state index in [0.29, 0.717) is 5.56 Å². The van der Waals surface area contributed by atoms with Crippen LogP contribution in [0.15, 0.2) is 24.3 Å². The lowest BCUT2D eigenvalue weighted by Crippen LogP contribution is -2.57. The number of nitrogens with one attached hydrogen (secondary N) is 5. The first kappa shape index (κ1) is 39.8. The molecule has 0 saturated heterocycles. The van der Waals surface area contributed by atoms with Gasteiger partial charge in [0.05, 0.1) is 24.8 Å². The Bertz CT molecular complexity index is 1190. The molecule has 0 aliphatic carbocycles. The Morgan fingerprint density at radius 2 is 1.39 bits per heavy atom. The van der Waals surface area contributed by atoms with Gasteiger partial charge in [0.2, 0.25) is 29.9 Å². The van der Waals surface area contributed by atoms with Crippen LogP contribution >= 0.6 is 0 Å². The molecule has 0 aromatic heterocycles. The maximum atomic E-state index is 13.1. The lowest BCUT2D eigenvalue weighted by Gasteiger charge is -2.27. The Balaban J connectivity index is 2.86. The van der Waals surface area contributed by atoms with Gasteiger partial charge in [0.25, 0.3) is 0 Å². The molecule has 1 radical (unpaired) electrons. The molecule has 0 fully saturated rings. The fraction of sp³-hybridized carbons (Fsp3) is 0.613. The third-order valence-corrected chi connectivity index (χ3v) is 6.66. The van der Waals surface area contributed by atoms with E-state index >= 15 is 0 Å². The molecule has 6 unspecified atom stereocenters.